The second-order valence-electron chi connectivity index (χ2n) is 5.89. The van der Waals surface area contributed by atoms with Crippen LogP contribution in [-0.4, -0.2) is 41.7 Å². The van der Waals surface area contributed by atoms with Gasteiger partial charge in [0.1, 0.15) is 11.5 Å². The van der Waals surface area contributed by atoms with Crippen molar-refractivity contribution in [3.63, 3.8) is 0 Å². The predicted molar refractivity (Wildman–Crippen MR) is 94.2 cm³/mol. The van der Waals surface area contributed by atoms with E-state index in [9.17, 15) is 4.79 Å². The molecule has 0 aliphatic carbocycles. The van der Waals surface area contributed by atoms with E-state index in [1.807, 2.05) is 18.7 Å². The average Bonchev–Trinajstić information content (AvgIpc) is 3.21. The number of fused-ring (bicyclic) bond motifs is 1. The number of halogens is 1. The number of benzene rings is 1. The van der Waals surface area contributed by atoms with Crippen molar-refractivity contribution in [1.82, 2.24) is 29.3 Å². The summed E-state index contributed by atoms with van der Waals surface area (Å²) in [6, 6.07) is 6.78. The summed E-state index contributed by atoms with van der Waals surface area (Å²) in [4.78, 5) is 19.0. The van der Waals surface area contributed by atoms with Crippen molar-refractivity contribution in [2.24, 2.45) is 0 Å². The zero-order valence-corrected chi connectivity index (χ0v) is 15.3. The third-order valence-electron chi connectivity index (χ3n) is 4.30. The quantitative estimate of drug-likeness (QED) is 0.689. The SMILES string of the molecule is Cc1nsc(-n2nnc3c2CCN(C(=O)c2ccc(Cl)cc2)C3C)n1. The lowest BCUT2D eigenvalue weighted by Crippen LogP contribution is -2.39. The molecule has 4 rings (SSSR count). The summed E-state index contributed by atoms with van der Waals surface area (Å²) in [5.74, 6) is 0.684. The minimum Gasteiger partial charge on any atom is -0.330 e. The summed E-state index contributed by atoms with van der Waals surface area (Å²) in [6.45, 7) is 4.41. The summed E-state index contributed by atoms with van der Waals surface area (Å²) in [5.41, 5.74) is 2.41. The Hall–Kier alpha value is -2.32. The highest BCUT2D eigenvalue weighted by molar-refractivity contribution is 7.08. The van der Waals surface area contributed by atoms with Crippen molar-refractivity contribution >= 4 is 29.0 Å². The first-order valence-electron chi connectivity index (χ1n) is 7.86. The monoisotopic (exact) mass is 374 g/mol. The Morgan fingerprint density at radius 1 is 1.32 bits per heavy atom. The van der Waals surface area contributed by atoms with Gasteiger partial charge in [0.05, 0.1) is 11.7 Å². The van der Waals surface area contributed by atoms with Crippen LogP contribution in [0.1, 0.15) is 40.5 Å². The number of aryl methyl sites for hydroxylation is 1. The van der Waals surface area contributed by atoms with Gasteiger partial charge in [-0.15, -0.1) is 5.10 Å². The Kier molecular flexibility index (Phi) is 4.01. The molecule has 3 heterocycles. The van der Waals surface area contributed by atoms with E-state index < -0.39 is 0 Å². The Morgan fingerprint density at radius 2 is 2.08 bits per heavy atom. The first kappa shape index (κ1) is 16.2. The lowest BCUT2D eigenvalue weighted by Gasteiger charge is -2.32. The molecule has 0 fully saturated rings. The fourth-order valence-corrected chi connectivity index (χ4v) is 3.78. The summed E-state index contributed by atoms with van der Waals surface area (Å²) in [5, 5.41) is 9.85. The Bertz CT molecular complexity index is 935. The van der Waals surface area contributed by atoms with Gasteiger partial charge < -0.3 is 4.90 Å². The van der Waals surface area contributed by atoms with Crippen molar-refractivity contribution in [3.8, 4) is 5.13 Å². The molecule has 3 aromatic rings. The first-order chi connectivity index (χ1) is 12.0. The molecule has 0 N–H and O–H groups in total. The highest BCUT2D eigenvalue weighted by Crippen LogP contribution is 2.30. The van der Waals surface area contributed by atoms with Crippen LogP contribution in [-0.2, 0) is 6.42 Å². The van der Waals surface area contributed by atoms with E-state index in [1.54, 1.807) is 28.9 Å². The van der Waals surface area contributed by atoms with Crippen LogP contribution < -0.4 is 0 Å². The Balaban J connectivity index is 1.63. The van der Waals surface area contributed by atoms with Gasteiger partial charge in [0.2, 0.25) is 5.13 Å². The van der Waals surface area contributed by atoms with Gasteiger partial charge in [-0.05, 0) is 38.1 Å². The van der Waals surface area contributed by atoms with E-state index in [0.29, 0.717) is 34.5 Å². The molecular weight excluding hydrogens is 360 g/mol. The van der Waals surface area contributed by atoms with Crippen LogP contribution in [0.5, 0.6) is 0 Å². The molecule has 1 unspecified atom stereocenters. The number of nitrogens with zero attached hydrogens (tertiary/aromatic N) is 6. The van der Waals surface area contributed by atoms with Crippen LogP contribution in [0.4, 0.5) is 0 Å². The molecule has 1 atom stereocenters. The number of carbonyl (C=O) groups excluding carboxylic acids is 1. The molecule has 0 radical (unpaired) electrons. The molecule has 2 aromatic heterocycles. The van der Waals surface area contributed by atoms with Crippen LogP contribution in [0.25, 0.3) is 5.13 Å². The van der Waals surface area contributed by atoms with E-state index >= 15 is 0 Å². The second-order valence-corrected chi connectivity index (χ2v) is 7.06. The highest BCUT2D eigenvalue weighted by atomic mass is 35.5. The van der Waals surface area contributed by atoms with Gasteiger partial charge in [-0.25, -0.2) is 4.98 Å². The zero-order chi connectivity index (χ0) is 17.6. The van der Waals surface area contributed by atoms with Crippen LogP contribution in [0.15, 0.2) is 24.3 Å². The van der Waals surface area contributed by atoms with Gasteiger partial charge in [0.25, 0.3) is 5.91 Å². The van der Waals surface area contributed by atoms with Crippen LogP contribution in [0.2, 0.25) is 5.02 Å². The molecule has 25 heavy (non-hydrogen) atoms. The Labute approximate surface area is 153 Å². The number of carbonyl (C=O) groups is 1. The fourth-order valence-electron chi connectivity index (χ4n) is 3.00. The van der Waals surface area contributed by atoms with E-state index in [4.69, 9.17) is 11.6 Å². The van der Waals surface area contributed by atoms with Crippen molar-refractivity contribution in [2.45, 2.75) is 26.3 Å². The highest BCUT2D eigenvalue weighted by Gasteiger charge is 2.33. The molecule has 0 saturated carbocycles. The van der Waals surface area contributed by atoms with E-state index in [2.05, 4.69) is 19.7 Å². The van der Waals surface area contributed by atoms with E-state index in [-0.39, 0.29) is 11.9 Å². The van der Waals surface area contributed by atoms with Crippen molar-refractivity contribution < 1.29 is 4.79 Å². The maximum absolute atomic E-state index is 12.8. The standard InChI is InChI=1S/C16H15ClN6OS/c1-9-14-13(23(21-19-14)16-18-10(2)20-25-16)7-8-22(9)15(24)11-3-5-12(17)6-4-11/h3-6,9H,7-8H2,1-2H3. The molecule has 9 heteroatoms. The molecule has 1 aliphatic rings. The molecule has 0 saturated heterocycles. The lowest BCUT2D eigenvalue weighted by molar-refractivity contribution is 0.0672. The second kappa shape index (κ2) is 6.20. The van der Waals surface area contributed by atoms with Gasteiger partial charge in [-0.1, -0.05) is 16.8 Å². The molecule has 0 spiro atoms. The minimum absolute atomic E-state index is 0.0314. The molecule has 7 nitrogen and oxygen atoms in total. The molecule has 1 amide bonds. The smallest absolute Gasteiger partial charge is 0.254 e. The van der Waals surface area contributed by atoms with E-state index in [0.717, 1.165) is 11.4 Å². The van der Waals surface area contributed by atoms with Gasteiger partial charge in [-0.3, -0.25) is 4.79 Å². The molecule has 1 aliphatic heterocycles. The van der Waals surface area contributed by atoms with Crippen molar-refractivity contribution in [2.75, 3.05) is 6.54 Å². The number of hydrogen-bond acceptors (Lipinski definition) is 6. The third kappa shape index (κ3) is 2.81. The van der Waals surface area contributed by atoms with Crippen LogP contribution in [0, 0.1) is 6.92 Å². The summed E-state index contributed by atoms with van der Waals surface area (Å²) in [6.07, 6.45) is 0.671. The zero-order valence-electron chi connectivity index (χ0n) is 13.7. The number of hydrogen-bond donors (Lipinski definition) is 0. The predicted octanol–water partition coefficient (Wildman–Crippen LogP) is 2.84. The molecule has 1 aromatic carbocycles. The minimum atomic E-state index is -0.158. The maximum Gasteiger partial charge on any atom is 0.254 e. The lowest BCUT2D eigenvalue weighted by atomic mass is 10.0. The van der Waals surface area contributed by atoms with Gasteiger partial charge in [0.15, 0.2) is 0 Å². The largest absolute Gasteiger partial charge is 0.330 e. The van der Waals surface area contributed by atoms with Crippen LogP contribution in [0.3, 0.4) is 0 Å². The first-order valence-corrected chi connectivity index (χ1v) is 9.01. The van der Waals surface area contributed by atoms with Crippen molar-refractivity contribution in [1.29, 1.82) is 0 Å². The third-order valence-corrected chi connectivity index (χ3v) is 5.33. The van der Waals surface area contributed by atoms with Crippen LogP contribution >= 0.6 is 23.1 Å². The maximum atomic E-state index is 12.8. The van der Waals surface area contributed by atoms with Gasteiger partial charge in [-0.2, -0.15) is 9.06 Å². The molecular formula is C16H15ClN6OS. The normalized spacial score (nSPS) is 16.8. The summed E-state index contributed by atoms with van der Waals surface area (Å²) in [7, 11) is 0. The summed E-state index contributed by atoms with van der Waals surface area (Å²) >= 11 is 7.20. The summed E-state index contributed by atoms with van der Waals surface area (Å²) < 4.78 is 5.93. The fraction of sp³-hybridized carbons (Fsp3) is 0.312. The van der Waals surface area contributed by atoms with Gasteiger partial charge >= 0.3 is 0 Å². The van der Waals surface area contributed by atoms with Gasteiger partial charge in [0, 0.05) is 35.1 Å². The topological polar surface area (TPSA) is 76.8 Å². The Morgan fingerprint density at radius 3 is 2.76 bits per heavy atom. The van der Waals surface area contributed by atoms with Crippen molar-refractivity contribution in [3.05, 3.63) is 52.1 Å². The van der Waals surface area contributed by atoms with E-state index in [1.165, 1.54) is 11.5 Å². The number of amides is 1. The molecule has 128 valence electrons. The average molecular weight is 375 g/mol. The number of aromatic nitrogens is 5. The number of rotatable bonds is 2. The molecule has 0 bridgehead atoms.